The van der Waals surface area contributed by atoms with Gasteiger partial charge in [0.2, 0.25) is 11.8 Å². The second-order valence-electron chi connectivity index (χ2n) is 12.3. The highest BCUT2D eigenvalue weighted by atomic mass is 16.6. The fraction of sp³-hybridized carbons (Fsp3) is 0.852. The summed E-state index contributed by atoms with van der Waals surface area (Å²) >= 11 is 0. The zero-order valence-corrected chi connectivity index (χ0v) is 23.5. The number of nitrogens with one attached hydrogen (secondary N) is 1. The van der Waals surface area contributed by atoms with Gasteiger partial charge in [-0.25, -0.2) is 4.79 Å². The van der Waals surface area contributed by atoms with Crippen molar-refractivity contribution in [3.05, 3.63) is 0 Å². The van der Waals surface area contributed by atoms with Gasteiger partial charge in [-0.1, -0.05) is 0 Å². The van der Waals surface area contributed by atoms with Crippen LogP contribution < -0.4 is 5.32 Å². The van der Waals surface area contributed by atoms with E-state index in [9.17, 15) is 24.3 Å². The lowest BCUT2D eigenvalue weighted by Crippen LogP contribution is -2.47. The summed E-state index contributed by atoms with van der Waals surface area (Å²) in [6, 6.07) is 0. The molecule has 2 heterocycles. The molecule has 2 N–H and O–H groups in total. The molecule has 2 rings (SSSR count). The number of carbonyl (C=O) groups excluding carboxylic acids is 4. The maximum absolute atomic E-state index is 12.9. The highest BCUT2D eigenvalue weighted by Crippen LogP contribution is 2.25. The lowest BCUT2D eigenvalue weighted by Gasteiger charge is -2.34. The van der Waals surface area contributed by atoms with Gasteiger partial charge in [0, 0.05) is 39.1 Å². The van der Waals surface area contributed by atoms with Crippen LogP contribution in [-0.4, -0.2) is 89.3 Å². The summed E-state index contributed by atoms with van der Waals surface area (Å²) in [5.41, 5.74) is -1.18. The van der Waals surface area contributed by atoms with Crippen LogP contribution in [0.25, 0.3) is 0 Å². The molecule has 2 aliphatic heterocycles. The topological polar surface area (TPSA) is 125 Å². The van der Waals surface area contributed by atoms with Gasteiger partial charge in [-0.15, -0.1) is 0 Å². The van der Waals surface area contributed by atoms with E-state index in [2.05, 4.69) is 5.32 Å². The molecule has 3 amide bonds. The Hall–Kier alpha value is -2.36. The summed E-state index contributed by atoms with van der Waals surface area (Å²) in [5.74, 6) is -1.50. The molecule has 37 heavy (non-hydrogen) atoms. The van der Waals surface area contributed by atoms with E-state index in [1.54, 1.807) is 30.6 Å². The maximum Gasteiger partial charge on any atom is 0.410 e. The average molecular weight is 526 g/mol. The monoisotopic (exact) mass is 525 g/mol. The van der Waals surface area contributed by atoms with Crippen molar-refractivity contribution in [2.75, 3.05) is 39.3 Å². The van der Waals surface area contributed by atoms with E-state index in [0.717, 1.165) is 25.7 Å². The number of hydrogen-bond acceptors (Lipinski definition) is 7. The predicted octanol–water partition coefficient (Wildman–Crippen LogP) is 2.72. The average Bonchev–Trinajstić information content (AvgIpc) is 2.81. The molecule has 2 fully saturated rings. The van der Waals surface area contributed by atoms with Crippen LogP contribution in [0.2, 0.25) is 0 Å². The van der Waals surface area contributed by atoms with E-state index in [-0.39, 0.29) is 30.4 Å². The molecule has 2 atom stereocenters. The number of nitrogens with zero attached hydrogens (tertiary/aromatic N) is 2. The Bertz CT molecular complexity index is 795. The van der Waals surface area contributed by atoms with Crippen molar-refractivity contribution >= 4 is 23.9 Å². The number of amides is 3. The van der Waals surface area contributed by atoms with E-state index in [1.807, 2.05) is 20.8 Å². The van der Waals surface area contributed by atoms with E-state index in [4.69, 9.17) is 9.47 Å². The van der Waals surface area contributed by atoms with Crippen LogP contribution in [0.1, 0.15) is 80.1 Å². The molecule has 2 saturated heterocycles. The van der Waals surface area contributed by atoms with E-state index >= 15 is 0 Å². The molecule has 2 aliphatic rings. The summed E-state index contributed by atoms with van der Waals surface area (Å²) in [6.45, 7) is 12.7. The van der Waals surface area contributed by atoms with Crippen LogP contribution in [0.3, 0.4) is 0 Å². The Morgan fingerprint density at radius 2 is 1.54 bits per heavy atom. The number of aliphatic hydroxyl groups excluding tert-OH is 1. The third-order valence-electron chi connectivity index (χ3n) is 6.66. The van der Waals surface area contributed by atoms with Crippen LogP contribution in [-0.2, 0) is 23.9 Å². The van der Waals surface area contributed by atoms with Crippen LogP contribution in [0.15, 0.2) is 0 Å². The minimum absolute atomic E-state index is 0.00329. The second kappa shape index (κ2) is 13.4. The lowest BCUT2D eigenvalue weighted by atomic mass is 9.91. The first-order valence-electron chi connectivity index (χ1n) is 13.6. The Balaban J connectivity index is 1.74. The molecule has 0 saturated carbocycles. The predicted molar refractivity (Wildman–Crippen MR) is 138 cm³/mol. The van der Waals surface area contributed by atoms with Gasteiger partial charge < -0.3 is 29.7 Å². The Labute approximate surface area is 221 Å². The van der Waals surface area contributed by atoms with Crippen LogP contribution in [0.4, 0.5) is 4.79 Å². The number of rotatable bonds is 8. The standard InChI is InChI=1S/C27H47N3O7/c1-26(2,3)36-24(34)21(18-31)16-28-23(33)20-8-7-13-30(17-20)22(32)10-9-19-11-14-29(15-12-19)25(35)37-27(4,5)6/h19-21,31H,7-18H2,1-6H3,(H,28,33)/t20-,21+/m1/s1. The van der Waals surface area contributed by atoms with Crippen LogP contribution in [0.5, 0.6) is 0 Å². The summed E-state index contributed by atoms with van der Waals surface area (Å²) < 4.78 is 10.7. The highest BCUT2D eigenvalue weighted by Gasteiger charge is 2.31. The number of esters is 1. The third-order valence-corrected chi connectivity index (χ3v) is 6.66. The zero-order valence-electron chi connectivity index (χ0n) is 23.5. The molecular weight excluding hydrogens is 478 g/mol. The Morgan fingerprint density at radius 3 is 2.11 bits per heavy atom. The zero-order chi connectivity index (χ0) is 27.8. The van der Waals surface area contributed by atoms with Gasteiger partial charge in [0.15, 0.2) is 0 Å². The van der Waals surface area contributed by atoms with Gasteiger partial charge in [0.25, 0.3) is 0 Å². The van der Waals surface area contributed by atoms with E-state index < -0.39 is 29.7 Å². The maximum atomic E-state index is 12.9. The first-order chi connectivity index (χ1) is 17.2. The summed E-state index contributed by atoms with van der Waals surface area (Å²) in [4.78, 5) is 53.6. The summed E-state index contributed by atoms with van der Waals surface area (Å²) in [7, 11) is 0. The highest BCUT2D eigenvalue weighted by molar-refractivity contribution is 5.82. The van der Waals surface area contributed by atoms with Crippen molar-refractivity contribution < 1.29 is 33.8 Å². The molecule has 0 unspecified atom stereocenters. The SMILES string of the molecule is CC(C)(C)OC(=O)[C@H](CO)CNC(=O)[C@@H]1CCCN(C(=O)CCC2CCN(C(=O)OC(C)(C)C)CC2)C1. The van der Waals surface area contributed by atoms with Gasteiger partial charge in [-0.2, -0.15) is 0 Å². The number of aliphatic hydroxyl groups is 1. The first kappa shape index (κ1) is 30.9. The number of carbonyl (C=O) groups is 4. The van der Waals surface area contributed by atoms with E-state index in [1.165, 1.54) is 0 Å². The number of likely N-dealkylation sites (tertiary alicyclic amines) is 2. The molecule has 0 aromatic rings. The number of piperidine rings is 2. The van der Waals surface area contributed by atoms with Crippen molar-refractivity contribution in [2.45, 2.75) is 91.3 Å². The first-order valence-corrected chi connectivity index (χ1v) is 13.6. The van der Waals surface area contributed by atoms with Crippen molar-refractivity contribution in [1.82, 2.24) is 15.1 Å². The van der Waals surface area contributed by atoms with Gasteiger partial charge in [0.1, 0.15) is 11.2 Å². The summed E-state index contributed by atoms with van der Waals surface area (Å²) in [5, 5.41) is 12.3. The van der Waals surface area contributed by atoms with Crippen molar-refractivity contribution in [2.24, 2.45) is 17.8 Å². The van der Waals surface area contributed by atoms with Crippen LogP contribution in [0, 0.1) is 17.8 Å². The van der Waals surface area contributed by atoms with Gasteiger partial charge in [-0.3, -0.25) is 14.4 Å². The molecule has 0 aromatic carbocycles. The molecule has 0 spiro atoms. The Morgan fingerprint density at radius 1 is 0.919 bits per heavy atom. The van der Waals surface area contributed by atoms with Crippen molar-refractivity contribution in [1.29, 1.82) is 0 Å². The van der Waals surface area contributed by atoms with Crippen molar-refractivity contribution in [3.63, 3.8) is 0 Å². The quantitative estimate of drug-likeness (QED) is 0.467. The largest absolute Gasteiger partial charge is 0.460 e. The van der Waals surface area contributed by atoms with Gasteiger partial charge >= 0.3 is 12.1 Å². The van der Waals surface area contributed by atoms with Crippen LogP contribution >= 0.6 is 0 Å². The summed E-state index contributed by atoms with van der Waals surface area (Å²) in [6.07, 6.45) is 4.03. The minimum Gasteiger partial charge on any atom is -0.460 e. The molecule has 0 aromatic heterocycles. The fourth-order valence-corrected chi connectivity index (χ4v) is 4.61. The Kier molecular flexibility index (Phi) is 11.2. The third kappa shape index (κ3) is 10.9. The van der Waals surface area contributed by atoms with Gasteiger partial charge in [-0.05, 0) is 79.6 Å². The smallest absolute Gasteiger partial charge is 0.410 e. The lowest BCUT2D eigenvalue weighted by molar-refractivity contribution is -0.161. The molecule has 212 valence electrons. The molecule has 10 heteroatoms. The van der Waals surface area contributed by atoms with E-state index in [0.29, 0.717) is 44.9 Å². The normalized spacial score (nSPS) is 20.2. The van der Waals surface area contributed by atoms with Crippen molar-refractivity contribution in [3.8, 4) is 0 Å². The molecule has 0 bridgehead atoms. The molecule has 0 radical (unpaired) electrons. The second-order valence-corrected chi connectivity index (χ2v) is 12.3. The van der Waals surface area contributed by atoms with Gasteiger partial charge in [0.05, 0.1) is 18.4 Å². The number of hydrogen-bond donors (Lipinski definition) is 2. The molecule has 10 nitrogen and oxygen atoms in total. The molecular formula is C27H47N3O7. The fourth-order valence-electron chi connectivity index (χ4n) is 4.61. The number of ether oxygens (including phenoxy) is 2. The minimum atomic E-state index is -0.828. The molecule has 0 aliphatic carbocycles.